The SMILES string of the molecule is Cc1cc(-c2cc(C=O)no2)n(C)n1. The molecular weight excluding hydrogens is 182 g/mol. The summed E-state index contributed by atoms with van der Waals surface area (Å²) in [6.45, 7) is 1.89. The van der Waals surface area contributed by atoms with Crippen LogP contribution in [-0.4, -0.2) is 21.2 Å². The minimum atomic E-state index is 0.291. The molecule has 72 valence electrons. The topological polar surface area (TPSA) is 60.9 Å². The number of hydrogen-bond acceptors (Lipinski definition) is 4. The summed E-state index contributed by atoms with van der Waals surface area (Å²) in [4.78, 5) is 10.4. The zero-order chi connectivity index (χ0) is 10.1. The van der Waals surface area contributed by atoms with Crippen molar-refractivity contribution in [3.63, 3.8) is 0 Å². The Kier molecular flexibility index (Phi) is 1.92. The van der Waals surface area contributed by atoms with Gasteiger partial charge in [-0.15, -0.1) is 0 Å². The van der Waals surface area contributed by atoms with Crippen molar-refractivity contribution in [1.82, 2.24) is 14.9 Å². The number of hydrogen-bond donors (Lipinski definition) is 0. The van der Waals surface area contributed by atoms with Gasteiger partial charge in [0, 0.05) is 13.1 Å². The maximum Gasteiger partial charge on any atom is 0.185 e. The number of aromatic nitrogens is 3. The molecule has 2 aromatic heterocycles. The standard InChI is InChI=1S/C9H9N3O2/c1-6-3-8(12(2)10-6)9-4-7(5-13)11-14-9/h3-5H,1-2H3. The molecule has 0 saturated carbocycles. The Morgan fingerprint density at radius 3 is 2.79 bits per heavy atom. The molecular formula is C9H9N3O2. The van der Waals surface area contributed by atoms with Gasteiger partial charge in [0.05, 0.1) is 5.69 Å². The van der Waals surface area contributed by atoms with E-state index in [0.29, 0.717) is 17.7 Å². The first kappa shape index (κ1) is 8.68. The van der Waals surface area contributed by atoms with Crippen LogP contribution in [0.4, 0.5) is 0 Å². The van der Waals surface area contributed by atoms with Crippen molar-refractivity contribution in [2.45, 2.75) is 6.92 Å². The predicted octanol–water partition coefficient (Wildman–Crippen LogP) is 1.20. The van der Waals surface area contributed by atoms with Gasteiger partial charge in [-0.3, -0.25) is 9.48 Å². The molecule has 2 aromatic rings. The Labute approximate surface area is 80.3 Å². The monoisotopic (exact) mass is 191 g/mol. The maximum absolute atomic E-state index is 10.4. The third-order valence-corrected chi connectivity index (χ3v) is 1.90. The van der Waals surface area contributed by atoms with E-state index in [0.717, 1.165) is 11.4 Å². The van der Waals surface area contributed by atoms with Gasteiger partial charge in [0.2, 0.25) is 0 Å². The molecule has 0 aliphatic rings. The van der Waals surface area contributed by atoms with Crippen LogP contribution in [0.15, 0.2) is 16.7 Å². The summed E-state index contributed by atoms with van der Waals surface area (Å²) < 4.78 is 6.68. The molecule has 0 aliphatic carbocycles. The van der Waals surface area contributed by atoms with E-state index >= 15 is 0 Å². The van der Waals surface area contributed by atoms with Crippen LogP contribution in [-0.2, 0) is 7.05 Å². The molecule has 0 saturated heterocycles. The van der Waals surface area contributed by atoms with Gasteiger partial charge < -0.3 is 4.52 Å². The van der Waals surface area contributed by atoms with Crippen LogP contribution < -0.4 is 0 Å². The molecule has 2 rings (SSSR count). The van der Waals surface area contributed by atoms with Crippen molar-refractivity contribution in [1.29, 1.82) is 0 Å². The lowest BCUT2D eigenvalue weighted by Gasteiger charge is -1.93. The minimum absolute atomic E-state index is 0.291. The number of aryl methyl sites for hydroxylation is 2. The third kappa shape index (κ3) is 1.32. The van der Waals surface area contributed by atoms with Crippen LogP contribution >= 0.6 is 0 Å². The lowest BCUT2D eigenvalue weighted by atomic mass is 10.3. The van der Waals surface area contributed by atoms with E-state index in [9.17, 15) is 4.79 Å². The van der Waals surface area contributed by atoms with Gasteiger partial charge in [-0.1, -0.05) is 5.16 Å². The number of aldehydes is 1. The molecule has 0 unspecified atom stereocenters. The first-order valence-corrected chi connectivity index (χ1v) is 4.13. The molecule has 0 radical (unpaired) electrons. The van der Waals surface area contributed by atoms with Crippen LogP contribution in [0.25, 0.3) is 11.5 Å². The Morgan fingerprint density at radius 1 is 1.50 bits per heavy atom. The van der Waals surface area contributed by atoms with E-state index in [2.05, 4.69) is 10.3 Å². The highest BCUT2D eigenvalue weighted by Gasteiger charge is 2.10. The molecule has 0 N–H and O–H groups in total. The number of carbonyl (C=O) groups excluding carboxylic acids is 1. The van der Waals surface area contributed by atoms with Gasteiger partial charge in [0.1, 0.15) is 11.4 Å². The highest BCUT2D eigenvalue weighted by atomic mass is 16.5. The van der Waals surface area contributed by atoms with Crippen LogP contribution in [0.1, 0.15) is 16.2 Å². The fourth-order valence-corrected chi connectivity index (χ4v) is 1.31. The van der Waals surface area contributed by atoms with Gasteiger partial charge in [-0.2, -0.15) is 5.10 Å². The molecule has 0 aromatic carbocycles. The lowest BCUT2D eigenvalue weighted by molar-refractivity contribution is 0.111. The molecule has 5 nitrogen and oxygen atoms in total. The third-order valence-electron chi connectivity index (χ3n) is 1.90. The van der Waals surface area contributed by atoms with Crippen molar-refractivity contribution in [3.8, 4) is 11.5 Å². The van der Waals surface area contributed by atoms with Gasteiger partial charge in [-0.05, 0) is 13.0 Å². The van der Waals surface area contributed by atoms with Crippen molar-refractivity contribution < 1.29 is 9.32 Å². The summed E-state index contributed by atoms with van der Waals surface area (Å²) in [5.41, 5.74) is 1.99. The van der Waals surface area contributed by atoms with Gasteiger partial charge in [-0.25, -0.2) is 0 Å². The van der Waals surface area contributed by atoms with Gasteiger partial charge in [0.15, 0.2) is 12.0 Å². The first-order chi connectivity index (χ1) is 6.70. The number of nitrogens with zero attached hydrogens (tertiary/aromatic N) is 3. The maximum atomic E-state index is 10.4. The van der Waals surface area contributed by atoms with Crippen LogP contribution in [0.3, 0.4) is 0 Å². The predicted molar refractivity (Wildman–Crippen MR) is 48.8 cm³/mol. The summed E-state index contributed by atoms with van der Waals surface area (Å²) in [6.07, 6.45) is 0.649. The van der Waals surface area contributed by atoms with Crippen LogP contribution in [0.2, 0.25) is 0 Å². The highest BCUT2D eigenvalue weighted by Crippen LogP contribution is 2.19. The lowest BCUT2D eigenvalue weighted by Crippen LogP contribution is -1.92. The van der Waals surface area contributed by atoms with Gasteiger partial charge >= 0.3 is 0 Å². The van der Waals surface area contributed by atoms with E-state index in [4.69, 9.17) is 4.52 Å². The molecule has 0 atom stereocenters. The minimum Gasteiger partial charge on any atom is -0.354 e. The molecule has 5 heteroatoms. The smallest absolute Gasteiger partial charge is 0.185 e. The van der Waals surface area contributed by atoms with Crippen molar-refractivity contribution in [3.05, 3.63) is 23.5 Å². The Balaban J connectivity index is 2.48. The van der Waals surface area contributed by atoms with Crippen molar-refractivity contribution in [2.24, 2.45) is 7.05 Å². The highest BCUT2D eigenvalue weighted by molar-refractivity contribution is 5.73. The van der Waals surface area contributed by atoms with Crippen molar-refractivity contribution >= 4 is 6.29 Å². The van der Waals surface area contributed by atoms with Crippen LogP contribution in [0.5, 0.6) is 0 Å². The van der Waals surface area contributed by atoms with E-state index in [1.54, 1.807) is 10.7 Å². The second-order valence-corrected chi connectivity index (χ2v) is 3.03. The van der Waals surface area contributed by atoms with Crippen molar-refractivity contribution in [2.75, 3.05) is 0 Å². The van der Waals surface area contributed by atoms with Gasteiger partial charge in [0.25, 0.3) is 0 Å². The molecule has 0 aliphatic heterocycles. The molecule has 0 bridgehead atoms. The Morgan fingerprint density at radius 2 is 2.29 bits per heavy atom. The zero-order valence-corrected chi connectivity index (χ0v) is 7.89. The quantitative estimate of drug-likeness (QED) is 0.669. The summed E-state index contributed by atoms with van der Waals surface area (Å²) in [5.74, 6) is 0.551. The molecule has 2 heterocycles. The fourth-order valence-electron chi connectivity index (χ4n) is 1.31. The van der Waals surface area contributed by atoms with E-state index in [1.807, 2.05) is 20.0 Å². The van der Waals surface area contributed by atoms with E-state index in [1.165, 1.54) is 0 Å². The van der Waals surface area contributed by atoms with Crippen LogP contribution in [0, 0.1) is 6.92 Å². The average molecular weight is 191 g/mol. The molecule has 0 fully saturated rings. The first-order valence-electron chi connectivity index (χ1n) is 4.13. The summed E-state index contributed by atoms with van der Waals surface area (Å²) >= 11 is 0. The largest absolute Gasteiger partial charge is 0.354 e. The van der Waals surface area contributed by atoms with E-state index in [-0.39, 0.29) is 0 Å². The number of rotatable bonds is 2. The second kappa shape index (κ2) is 3.10. The summed E-state index contributed by atoms with van der Waals surface area (Å²) in [7, 11) is 1.81. The fraction of sp³-hybridized carbons (Fsp3) is 0.222. The zero-order valence-electron chi connectivity index (χ0n) is 7.89. The summed E-state index contributed by atoms with van der Waals surface area (Å²) in [5, 5.41) is 7.74. The average Bonchev–Trinajstić information content (AvgIpc) is 2.71. The molecule has 0 spiro atoms. The summed E-state index contributed by atoms with van der Waals surface area (Å²) in [6, 6.07) is 3.46. The molecule has 14 heavy (non-hydrogen) atoms. The normalized spacial score (nSPS) is 10.4. The Hall–Kier alpha value is -1.91. The molecule has 0 amide bonds. The van der Waals surface area contributed by atoms with E-state index < -0.39 is 0 Å². The second-order valence-electron chi connectivity index (χ2n) is 3.03. The Bertz CT molecular complexity index is 470. The number of carbonyl (C=O) groups is 1.